The van der Waals surface area contributed by atoms with Gasteiger partial charge in [0, 0.05) is 0 Å². The quantitative estimate of drug-likeness (QED) is 0.356. The van der Waals surface area contributed by atoms with E-state index in [0.717, 1.165) is 0 Å². The van der Waals surface area contributed by atoms with Crippen molar-refractivity contribution < 1.29 is 0 Å². The van der Waals surface area contributed by atoms with Gasteiger partial charge in [0.15, 0.2) is 0 Å². The first-order valence-corrected chi connectivity index (χ1v) is 12.3. The highest BCUT2D eigenvalue weighted by molar-refractivity contribution is 5.13. The Hall–Kier alpha value is 0. The fourth-order valence-electron chi connectivity index (χ4n) is 5.94. The summed E-state index contributed by atoms with van der Waals surface area (Å²) in [6, 6.07) is 0. The molecule has 0 saturated heterocycles. The summed E-state index contributed by atoms with van der Waals surface area (Å²) in [6.07, 6.45) is 1.20. The van der Waals surface area contributed by atoms with Crippen LogP contribution >= 0.6 is 0 Å². The third-order valence-corrected chi connectivity index (χ3v) is 13.4. The smallest absolute Gasteiger partial charge is 0.0241 e. The molecule has 176 valence electrons. The van der Waals surface area contributed by atoms with Gasteiger partial charge in [-0.3, -0.25) is 0 Å². The highest BCUT2D eigenvalue weighted by Gasteiger charge is 2.65. The van der Waals surface area contributed by atoms with Gasteiger partial charge < -0.3 is 0 Å². The lowest BCUT2D eigenvalue weighted by atomic mass is 9.35. The second kappa shape index (κ2) is 7.55. The van der Waals surface area contributed by atoms with Gasteiger partial charge in [0.1, 0.15) is 0 Å². The van der Waals surface area contributed by atoms with Crippen molar-refractivity contribution in [3.8, 4) is 0 Å². The zero-order valence-corrected chi connectivity index (χ0v) is 24.3. The van der Waals surface area contributed by atoms with E-state index in [1.807, 2.05) is 0 Å². The van der Waals surface area contributed by atoms with Crippen LogP contribution < -0.4 is 0 Å². The lowest BCUT2D eigenvalue weighted by molar-refractivity contribution is -0.215. The van der Waals surface area contributed by atoms with E-state index >= 15 is 0 Å². The first-order valence-electron chi connectivity index (χ1n) is 12.3. The Bertz CT molecular complexity index is 559. The minimum absolute atomic E-state index is 0.125. The maximum absolute atomic E-state index is 2.56. The molecule has 0 atom stereocenters. The molecule has 0 aliphatic carbocycles. The maximum atomic E-state index is 2.56. The Kier molecular flexibility index (Phi) is 7.55. The highest BCUT2D eigenvalue weighted by atomic mass is 14.7. The molecule has 0 radical (unpaired) electrons. The van der Waals surface area contributed by atoms with Gasteiger partial charge in [-0.05, 0) is 49.2 Å². The van der Waals surface area contributed by atoms with E-state index in [9.17, 15) is 0 Å². The first-order chi connectivity index (χ1) is 12.3. The molecule has 0 N–H and O–H groups in total. The van der Waals surface area contributed by atoms with Gasteiger partial charge in [-0.1, -0.05) is 138 Å². The van der Waals surface area contributed by atoms with E-state index in [1.165, 1.54) is 6.42 Å². The molecule has 0 rings (SSSR count). The monoisotopic (exact) mass is 408 g/mol. The Morgan fingerprint density at radius 1 is 0.414 bits per heavy atom. The second-order valence-electron chi connectivity index (χ2n) is 14.9. The van der Waals surface area contributed by atoms with Crippen molar-refractivity contribution in [1.82, 2.24) is 0 Å². The second-order valence-corrected chi connectivity index (χ2v) is 14.9. The van der Waals surface area contributed by atoms with Crippen LogP contribution in [0.4, 0.5) is 0 Å². The zero-order chi connectivity index (χ0) is 24.3. The van der Waals surface area contributed by atoms with Gasteiger partial charge in [0.2, 0.25) is 0 Å². The molecule has 0 spiro atoms. The van der Waals surface area contributed by atoms with Crippen LogP contribution in [-0.2, 0) is 0 Å². The zero-order valence-electron chi connectivity index (χ0n) is 24.3. The van der Waals surface area contributed by atoms with Crippen LogP contribution in [0.5, 0.6) is 0 Å². The van der Waals surface area contributed by atoms with Gasteiger partial charge in [-0.15, -0.1) is 0 Å². The van der Waals surface area contributed by atoms with Crippen molar-refractivity contribution in [1.29, 1.82) is 0 Å². The molecular formula is C29H60. The number of rotatable bonds is 9. The van der Waals surface area contributed by atoms with E-state index in [4.69, 9.17) is 0 Å². The lowest BCUT2D eigenvalue weighted by Gasteiger charge is -2.70. The van der Waals surface area contributed by atoms with Crippen LogP contribution in [0.2, 0.25) is 0 Å². The van der Waals surface area contributed by atoms with Gasteiger partial charge in [-0.25, -0.2) is 0 Å². The Morgan fingerprint density at radius 3 is 0.897 bits per heavy atom. The predicted molar refractivity (Wildman–Crippen MR) is 135 cm³/mol. The van der Waals surface area contributed by atoms with Gasteiger partial charge >= 0.3 is 0 Å². The van der Waals surface area contributed by atoms with Gasteiger partial charge in [-0.2, -0.15) is 0 Å². The summed E-state index contributed by atoms with van der Waals surface area (Å²) in [5.41, 5.74) is 1.44. The summed E-state index contributed by atoms with van der Waals surface area (Å²) < 4.78 is 0. The van der Waals surface area contributed by atoms with Crippen LogP contribution in [0.1, 0.15) is 138 Å². The molecule has 0 heteroatoms. The molecule has 0 aliphatic rings. The predicted octanol–water partition coefficient (Wildman–Crippen LogP) is 10.3. The standard InChI is InChI=1S/C29H60/c1-20-22(4,5)24(8,9)26(12,13)28(16,17)29(18,19)27(14,15)25(10,11)23(6,7)21(2)3/h21H,20H2,1-19H3. The molecule has 0 aromatic carbocycles. The van der Waals surface area contributed by atoms with Crippen molar-refractivity contribution >= 4 is 0 Å². The summed E-state index contributed by atoms with van der Waals surface area (Å²) in [7, 11) is 0. The summed E-state index contributed by atoms with van der Waals surface area (Å²) in [4.78, 5) is 0. The van der Waals surface area contributed by atoms with E-state index in [1.54, 1.807) is 0 Å². The topological polar surface area (TPSA) is 0 Å². The number of hydrogen-bond donors (Lipinski definition) is 0. The Labute approximate surface area is 187 Å². The molecule has 0 bridgehead atoms. The van der Waals surface area contributed by atoms with Gasteiger partial charge in [0.25, 0.3) is 0 Å². The van der Waals surface area contributed by atoms with Crippen molar-refractivity contribution in [2.45, 2.75) is 138 Å². The van der Waals surface area contributed by atoms with E-state index in [-0.39, 0.29) is 43.3 Å². The van der Waals surface area contributed by atoms with Crippen molar-refractivity contribution in [2.24, 2.45) is 49.2 Å². The molecule has 0 heterocycles. The third-order valence-electron chi connectivity index (χ3n) is 13.4. The Balaban J connectivity index is 6.76. The van der Waals surface area contributed by atoms with Crippen molar-refractivity contribution in [2.75, 3.05) is 0 Å². The summed E-state index contributed by atoms with van der Waals surface area (Å²) in [6.45, 7) is 47.6. The van der Waals surface area contributed by atoms with Crippen molar-refractivity contribution in [3.05, 3.63) is 0 Å². The summed E-state index contributed by atoms with van der Waals surface area (Å²) >= 11 is 0. The van der Waals surface area contributed by atoms with Crippen LogP contribution in [0, 0.1) is 49.2 Å². The average molecular weight is 409 g/mol. The molecule has 0 fully saturated rings. The summed E-state index contributed by atoms with van der Waals surface area (Å²) in [5, 5.41) is 0. The van der Waals surface area contributed by atoms with Gasteiger partial charge in [0.05, 0.1) is 0 Å². The van der Waals surface area contributed by atoms with Crippen LogP contribution in [0.15, 0.2) is 0 Å². The molecule has 0 unspecified atom stereocenters. The highest BCUT2D eigenvalue weighted by Crippen LogP contribution is 2.72. The average Bonchev–Trinajstić information content (AvgIpc) is 2.53. The maximum Gasteiger partial charge on any atom is -0.0241 e. The van der Waals surface area contributed by atoms with E-state index < -0.39 is 0 Å². The minimum atomic E-state index is 0.125. The van der Waals surface area contributed by atoms with Crippen LogP contribution in [0.3, 0.4) is 0 Å². The molecule has 0 amide bonds. The minimum Gasteiger partial charge on any atom is -0.0649 e. The number of hydrogen-bond acceptors (Lipinski definition) is 0. The molecule has 0 aliphatic heterocycles. The van der Waals surface area contributed by atoms with Crippen molar-refractivity contribution in [3.63, 3.8) is 0 Å². The fourth-order valence-corrected chi connectivity index (χ4v) is 5.94. The third kappa shape index (κ3) is 3.65. The molecule has 0 saturated carbocycles. The lowest BCUT2D eigenvalue weighted by Crippen LogP contribution is -2.63. The summed E-state index contributed by atoms with van der Waals surface area (Å²) in [5.74, 6) is 0.638. The Morgan fingerprint density at radius 2 is 0.655 bits per heavy atom. The van der Waals surface area contributed by atoms with Crippen LogP contribution in [-0.4, -0.2) is 0 Å². The molecule has 0 aromatic heterocycles. The van der Waals surface area contributed by atoms with E-state index in [2.05, 4.69) is 132 Å². The van der Waals surface area contributed by atoms with E-state index in [0.29, 0.717) is 5.92 Å². The molecule has 0 aromatic rings. The van der Waals surface area contributed by atoms with Crippen LogP contribution in [0.25, 0.3) is 0 Å². The first kappa shape index (κ1) is 29.0. The molecular weight excluding hydrogens is 348 g/mol. The molecule has 0 nitrogen and oxygen atoms in total. The SMILES string of the molecule is CCC(C)(C)C(C)(C)C(C)(C)C(C)(C)C(C)(C)C(C)(C)C(C)(C)C(C)(C)C(C)C. The normalized spacial score (nSPS) is 16.6. The fraction of sp³-hybridized carbons (Fsp3) is 1.00. The molecule has 29 heavy (non-hydrogen) atoms. The largest absolute Gasteiger partial charge is 0.0649 e.